The van der Waals surface area contributed by atoms with Crippen molar-refractivity contribution >= 4 is 0 Å². The van der Waals surface area contributed by atoms with Crippen LogP contribution in [0.1, 0.15) is 0 Å². The molecule has 0 amide bonds. The van der Waals surface area contributed by atoms with Crippen molar-refractivity contribution in [1.82, 2.24) is 0 Å². The normalized spacial score (nSPS) is 0. The monoisotopic (exact) mass is 233 g/mol. The molecule has 0 nitrogen and oxygen atoms in total. The van der Waals surface area contributed by atoms with E-state index in [2.05, 4.69) is 0 Å². The Morgan fingerprint density at radius 3 is 0.400 bits per heavy atom. The molecule has 0 unspecified atom stereocenters. The first-order chi connectivity index (χ1) is 0. The second-order valence-corrected chi connectivity index (χ2v) is 0. The predicted octanol–water partition coefficient (Wildman–Crippen LogP) is -12.0. The molecule has 0 atom stereocenters. The van der Waals surface area contributed by atoms with Crippen LogP contribution in [0.4, 0.5) is 0 Å². The molecule has 0 aliphatic heterocycles. The Morgan fingerprint density at radius 2 is 0.400 bits per heavy atom. The Kier molecular flexibility index (Phi) is 522. The summed E-state index contributed by atoms with van der Waals surface area (Å²) in [5.74, 6) is 0. The van der Waals surface area contributed by atoms with E-state index in [-0.39, 0.29) is 72.0 Å². The maximum Gasteiger partial charge on any atom is 0 e. The van der Waals surface area contributed by atoms with E-state index in [4.69, 9.17) is 0 Å². The van der Waals surface area contributed by atoms with Crippen molar-refractivity contribution in [3.63, 3.8) is 0 Å². The van der Waals surface area contributed by atoms with Crippen LogP contribution in [0.5, 0.6) is 0 Å². The third-order valence-corrected chi connectivity index (χ3v) is 0. The van der Waals surface area contributed by atoms with Gasteiger partial charge in [-0.3, -0.25) is 0 Å². The molecule has 5 heteroatoms. The Balaban J connectivity index is 0. The van der Waals surface area contributed by atoms with Gasteiger partial charge in [-0.25, -0.2) is 0 Å². The molecular formula is Cl4Nb-4. The molecule has 37 valence electrons. The van der Waals surface area contributed by atoms with E-state index in [1.54, 1.807) is 0 Å². The molecule has 0 fully saturated rings. The predicted molar refractivity (Wildman–Crippen MR) is 0 cm³/mol. The quantitative estimate of drug-likeness (QED) is 0.366. The molecule has 0 aliphatic rings. The van der Waals surface area contributed by atoms with Crippen molar-refractivity contribution in [3.05, 3.63) is 0 Å². The smallest absolute Gasteiger partial charge is 0 e. The van der Waals surface area contributed by atoms with Crippen LogP contribution >= 0.6 is 0 Å². The van der Waals surface area contributed by atoms with Gasteiger partial charge in [0.1, 0.15) is 0 Å². The molecule has 0 N–H and O–H groups in total. The zero-order valence-corrected chi connectivity index (χ0v) is 7.18. The summed E-state index contributed by atoms with van der Waals surface area (Å²) in [6, 6.07) is 0. The van der Waals surface area contributed by atoms with E-state index in [1.165, 1.54) is 0 Å². The fourth-order valence-corrected chi connectivity index (χ4v) is 0. The molecule has 0 bridgehead atoms. The van der Waals surface area contributed by atoms with Gasteiger partial charge in [0.2, 0.25) is 0 Å². The van der Waals surface area contributed by atoms with Crippen LogP contribution in [0.2, 0.25) is 0 Å². The summed E-state index contributed by atoms with van der Waals surface area (Å²) in [6.45, 7) is 0. The Morgan fingerprint density at radius 1 is 0.400 bits per heavy atom. The second kappa shape index (κ2) is 39.2. The molecule has 0 spiro atoms. The standard InChI is InChI=1S/4ClH.Nb/h4*1H;/p-4. The summed E-state index contributed by atoms with van der Waals surface area (Å²) < 4.78 is 0. The van der Waals surface area contributed by atoms with Crippen molar-refractivity contribution in [3.8, 4) is 0 Å². The summed E-state index contributed by atoms with van der Waals surface area (Å²) in [5.41, 5.74) is 0. The van der Waals surface area contributed by atoms with Crippen molar-refractivity contribution in [2.24, 2.45) is 0 Å². The Bertz CT molecular complexity index is 3.61. The van der Waals surface area contributed by atoms with E-state index in [0.29, 0.717) is 0 Å². The molecule has 0 aromatic heterocycles. The minimum Gasteiger partial charge on any atom is -1.00 e. The zero-order chi connectivity index (χ0) is 0. The van der Waals surface area contributed by atoms with Crippen molar-refractivity contribution in [2.75, 3.05) is 0 Å². The van der Waals surface area contributed by atoms with Gasteiger partial charge in [0, 0.05) is 22.4 Å². The van der Waals surface area contributed by atoms with E-state index < -0.39 is 0 Å². The molecule has 0 aliphatic carbocycles. The minimum absolute atomic E-state index is 0. The van der Waals surface area contributed by atoms with Crippen LogP contribution < -0.4 is 49.6 Å². The van der Waals surface area contributed by atoms with E-state index in [0.717, 1.165) is 0 Å². The fraction of sp³-hybridized carbons (Fsp3) is 0. The van der Waals surface area contributed by atoms with Crippen LogP contribution in [0.25, 0.3) is 0 Å². The maximum absolute atomic E-state index is 0. The first kappa shape index (κ1) is 66.5. The van der Waals surface area contributed by atoms with Gasteiger partial charge in [-0.05, 0) is 0 Å². The zero-order valence-electron chi connectivity index (χ0n) is 1.96. The number of rotatable bonds is 0. The van der Waals surface area contributed by atoms with Gasteiger partial charge in [-0.15, -0.1) is 0 Å². The summed E-state index contributed by atoms with van der Waals surface area (Å²) in [5, 5.41) is 0. The van der Waals surface area contributed by atoms with Gasteiger partial charge in [0.15, 0.2) is 0 Å². The molecular weight excluding hydrogens is 235 g/mol. The fourth-order valence-electron chi connectivity index (χ4n) is 0. The number of hydrogen-bond acceptors (Lipinski definition) is 0. The van der Waals surface area contributed by atoms with Crippen LogP contribution in [-0.4, -0.2) is 0 Å². The first-order valence-corrected chi connectivity index (χ1v) is 0. The maximum atomic E-state index is 0. The minimum atomic E-state index is 0. The first-order valence-electron chi connectivity index (χ1n) is 0. The van der Waals surface area contributed by atoms with E-state index in [1.807, 2.05) is 0 Å². The van der Waals surface area contributed by atoms with Crippen LogP contribution in [-0.2, 0) is 22.4 Å². The average Bonchev–Trinajstić information content (AvgIpc) is 0. The van der Waals surface area contributed by atoms with Gasteiger partial charge in [-0.2, -0.15) is 0 Å². The number of hydrogen-bond donors (Lipinski definition) is 0. The molecule has 0 aromatic carbocycles. The molecule has 0 heterocycles. The average molecular weight is 235 g/mol. The van der Waals surface area contributed by atoms with Gasteiger partial charge in [0.25, 0.3) is 0 Å². The van der Waals surface area contributed by atoms with Gasteiger partial charge in [-0.1, -0.05) is 0 Å². The SMILES string of the molecule is [Cl-].[Cl-].[Cl-].[Cl-].[Nb]. The molecule has 0 rings (SSSR count). The third-order valence-electron chi connectivity index (χ3n) is 0. The van der Waals surface area contributed by atoms with Crippen LogP contribution in [0.15, 0.2) is 0 Å². The summed E-state index contributed by atoms with van der Waals surface area (Å²) in [6.07, 6.45) is 0. The van der Waals surface area contributed by atoms with Crippen LogP contribution in [0.3, 0.4) is 0 Å². The van der Waals surface area contributed by atoms with E-state index >= 15 is 0 Å². The molecule has 0 aromatic rings. The number of halogens is 4. The molecule has 1 radical (unpaired) electrons. The summed E-state index contributed by atoms with van der Waals surface area (Å²) in [7, 11) is 0. The van der Waals surface area contributed by atoms with Crippen molar-refractivity contribution < 1.29 is 72.0 Å². The van der Waals surface area contributed by atoms with Gasteiger partial charge >= 0.3 is 0 Å². The molecule has 5 heavy (non-hydrogen) atoms. The summed E-state index contributed by atoms with van der Waals surface area (Å²) >= 11 is 0. The Labute approximate surface area is 71.6 Å². The molecule has 0 saturated heterocycles. The second-order valence-electron chi connectivity index (χ2n) is 0. The topological polar surface area (TPSA) is 0 Å². The van der Waals surface area contributed by atoms with Crippen molar-refractivity contribution in [1.29, 1.82) is 0 Å². The largest absolute Gasteiger partial charge is 1.00 e. The van der Waals surface area contributed by atoms with E-state index in [9.17, 15) is 0 Å². The molecule has 0 saturated carbocycles. The Hall–Kier alpha value is 1.90. The van der Waals surface area contributed by atoms with Crippen molar-refractivity contribution in [2.45, 2.75) is 0 Å². The van der Waals surface area contributed by atoms with Crippen LogP contribution in [0, 0.1) is 0 Å². The van der Waals surface area contributed by atoms with Gasteiger partial charge in [0.05, 0.1) is 0 Å². The van der Waals surface area contributed by atoms with Gasteiger partial charge < -0.3 is 49.6 Å². The summed E-state index contributed by atoms with van der Waals surface area (Å²) in [4.78, 5) is 0. The third kappa shape index (κ3) is 24.9.